The Kier molecular flexibility index (Phi) is 6.53. The number of carbonyl (C=O) groups is 2. The van der Waals surface area contributed by atoms with Gasteiger partial charge in [-0.3, -0.25) is 9.59 Å². The van der Waals surface area contributed by atoms with Crippen LogP contribution in [0.4, 0.5) is 11.4 Å². The highest BCUT2D eigenvalue weighted by atomic mass is 32.2. The lowest BCUT2D eigenvalue weighted by Crippen LogP contribution is -2.09. The molecule has 0 saturated heterocycles. The van der Waals surface area contributed by atoms with E-state index in [1.54, 1.807) is 36.4 Å². The fourth-order valence-electron chi connectivity index (χ4n) is 4.05. The second-order valence-electron chi connectivity index (χ2n) is 8.39. The Bertz CT molecular complexity index is 1540. The first-order valence-electron chi connectivity index (χ1n) is 11.5. The molecule has 4 aromatic carbocycles. The molecule has 0 fully saturated rings. The number of sulfone groups is 1. The third kappa shape index (κ3) is 5.27. The second kappa shape index (κ2) is 10.1. The molecule has 5 rings (SSSR count). The Morgan fingerprint density at radius 3 is 1.38 bits per heavy atom. The Morgan fingerprint density at radius 2 is 0.973 bits per heavy atom. The third-order valence-electron chi connectivity index (χ3n) is 5.82. The molecule has 0 atom stereocenters. The van der Waals surface area contributed by atoms with Gasteiger partial charge in [0, 0.05) is 34.7 Å². The average Bonchev–Trinajstić information content (AvgIpc) is 3.13. The lowest BCUT2D eigenvalue weighted by Gasteiger charge is -2.05. The maximum Gasteiger partial charge on any atom is 0.248 e. The number of hydrogen-bond acceptors (Lipinski definition) is 4. The van der Waals surface area contributed by atoms with E-state index in [1.807, 2.05) is 60.7 Å². The average molecular weight is 507 g/mol. The Labute approximate surface area is 214 Å². The summed E-state index contributed by atoms with van der Waals surface area (Å²) in [5, 5.41) is 5.43. The molecule has 6 nitrogen and oxygen atoms in total. The van der Waals surface area contributed by atoms with Gasteiger partial charge in [-0.25, -0.2) is 8.42 Å². The van der Waals surface area contributed by atoms with E-state index in [-0.39, 0.29) is 21.6 Å². The maximum absolute atomic E-state index is 13.3. The molecule has 0 aromatic heterocycles. The number of nitrogens with one attached hydrogen (secondary N) is 2. The molecule has 1 aliphatic rings. The van der Waals surface area contributed by atoms with E-state index in [0.717, 1.165) is 11.1 Å². The second-order valence-corrected chi connectivity index (χ2v) is 10.3. The Balaban J connectivity index is 1.33. The number of hydrogen-bond donors (Lipinski definition) is 2. The van der Waals surface area contributed by atoms with Crippen molar-refractivity contribution in [3.63, 3.8) is 0 Å². The molecule has 2 N–H and O–H groups in total. The highest BCUT2D eigenvalue weighted by Gasteiger charge is 2.33. The van der Waals surface area contributed by atoms with E-state index in [1.165, 1.54) is 24.3 Å². The Hall–Kier alpha value is -4.75. The topological polar surface area (TPSA) is 92.3 Å². The summed E-state index contributed by atoms with van der Waals surface area (Å²) in [5.74, 6) is -0.740. The molecule has 0 aliphatic carbocycles. The molecule has 0 spiro atoms. The molecule has 0 radical (unpaired) electrons. The zero-order chi connectivity index (χ0) is 25.8. The van der Waals surface area contributed by atoms with Crippen LogP contribution in [0, 0.1) is 0 Å². The maximum atomic E-state index is 13.3. The molecular weight excluding hydrogens is 484 g/mol. The number of benzene rings is 4. The van der Waals surface area contributed by atoms with Gasteiger partial charge in [0.2, 0.25) is 21.7 Å². The minimum Gasteiger partial charge on any atom is -0.322 e. The fraction of sp³-hybridized carbons (Fsp3) is 0. The van der Waals surface area contributed by atoms with Crippen LogP contribution in [-0.2, 0) is 19.4 Å². The van der Waals surface area contributed by atoms with Crippen molar-refractivity contribution in [2.45, 2.75) is 9.79 Å². The number of anilines is 2. The zero-order valence-electron chi connectivity index (χ0n) is 19.6. The van der Waals surface area contributed by atoms with Gasteiger partial charge in [0.15, 0.2) is 0 Å². The number of carbonyl (C=O) groups excluding carboxylic acids is 2. The van der Waals surface area contributed by atoms with Gasteiger partial charge in [0.25, 0.3) is 0 Å². The van der Waals surface area contributed by atoms with E-state index in [4.69, 9.17) is 0 Å². The van der Waals surface area contributed by atoms with E-state index in [9.17, 15) is 18.0 Å². The molecule has 4 aromatic rings. The van der Waals surface area contributed by atoms with Crippen LogP contribution in [0.25, 0.3) is 23.3 Å². The van der Waals surface area contributed by atoms with E-state index in [2.05, 4.69) is 10.6 Å². The van der Waals surface area contributed by atoms with E-state index < -0.39 is 9.84 Å². The van der Waals surface area contributed by atoms with Crippen molar-refractivity contribution in [2.75, 3.05) is 10.6 Å². The molecule has 0 saturated carbocycles. The molecule has 37 heavy (non-hydrogen) atoms. The van der Waals surface area contributed by atoms with Crippen LogP contribution in [0.1, 0.15) is 11.1 Å². The number of rotatable bonds is 6. The van der Waals surface area contributed by atoms with Crippen LogP contribution in [-0.4, -0.2) is 20.2 Å². The molecule has 2 amide bonds. The van der Waals surface area contributed by atoms with Gasteiger partial charge in [-0.2, -0.15) is 0 Å². The largest absolute Gasteiger partial charge is 0.322 e. The van der Waals surface area contributed by atoms with E-state index >= 15 is 0 Å². The summed E-state index contributed by atoms with van der Waals surface area (Å²) in [5.41, 5.74) is 3.60. The van der Waals surface area contributed by atoms with Crippen molar-refractivity contribution in [3.8, 4) is 11.1 Å². The van der Waals surface area contributed by atoms with Crippen LogP contribution >= 0.6 is 0 Å². The number of amides is 2. The van der Waals surface area contributed by atoms with Crippen molar-refractivity contribution >= 4 is 45.2 Å². The summed E-state index contributed by atoms with van der Waals surface area (Å²) in [6, 6.07) is 28.4. The molecule has 7 heteroatoms. The summed E-state index contributed by atoms with van der Waals surface area (Å²) < 4.78 is 26.6. The van der Waals surface area contributed by atoms with Crippen molar-refractivity contribution in [2.24, 2.45) is 0 Å². The summed E-state index contributed by atoms with van der Waals surface area (Å²) in [6.07, 6.45) is 6.15. The molecule has 0 bridgehead atoms. The van der Waals surface area contributed by atoms with Gasteiger partial charge >= 0.3 is 0 Å². The molecule has 1 aliphatic heterocycles. The van der Waals surface area contributed by atoms with Gasteiger partial charge in [-0.05, 0) is 47.5 Å². The minimum absolute atomic E-state index is 0.111. The first-order chi connectivity index (χ1) is 17.9. The van der Waals surface area contributed by atoms with Gasteiger partial charge in [-0.15, -0.1) is 0 Å². The standard InChI is InChI=1S/C30H22N2O4S/c33-29(17-11-21-7-3-1-4-8-21)31-23-13-15-25-26-16-14-24(20-28(26)37(35,36)27(25)19-23)32-30(34)18-12-22-9-5-2-6-10-22/h1-20H,(H,31,33)(H,32,34). The SMILES string of the molecule is O=C(C=Cc1ccccc1)Nc1ccc2c(c1)S(=O)(=O)c1cc(NC(=O)C=Cc3ccccc3)ccc1-2. The fourth-order valence-corrected chi connectivity index (χ4v) is 5.78. The van der Waals surface area contributed by atoms with Crippen LogP contribution < -0.4 is 10.6 Å². The summed E-state index contributed by atoms with van der Waals surface area (Å²) in [4.78, 5) is 24.9. The summed E-state index contributed by atoms with van der Waals surface area (Å²) in [6.45, 7) is 0. The van der Waals surface area contributed by atoms with Gasteiger partial charge < -0.3 is 10.6 Å². The third-order valence-corrected chi connectivity index (χ3v) is 7.65. The normalized spacial score (nSPS) is 13.3. The van der Waals surface area contributed by atoms with Crippen LogP contribution in [0.3, 0.4) is 0 Å². The molecule has 1 heterocycles. The van der Waals surface area contributed by atoms with Crippen molar-refractivity contribution in [1.82, 2.24) is 0 Å². The number of fused-ring (bicyclic) bond motifs is 3. The van der Waals surface area contributed by atoms with Gasteiger partial charge in [0.1, 0.15) is 0 Å². The zero-order valence-corrected chi connectivity index (χ0v) is 20.4. The van der Waals surface area contributed by atoms with Crippen molar-refractivity contribution in [3.05, 3.63) is 120 Å². The van der Waals surface area contributed by atoms with Gasteiger partial charge in [0.05, 0.1) is 9.79 Å². The van der Waals surface area contributed by atoms with Crippen molar-refractivity contribution in [1.29, 1.82) is 0 Å². The van der Waals surface area contributed by atoms with Crippen LogP contribution in [0.5, 0.6) is 0 Å². The van der Waals surface area contributed by atoms with Crippen LogP contribution in [0.15, 0.2) is 119 Å². The Morgan fingerprint density at radius 1 is 0.568 bits per heavy atom. The summed E-state index contributed by atoms with van der Waals surface area (Å²) in [7, 11) is -3.83. The first-order valence-corrected chi connectivity index (χ1v) is 13.0. The minimum atomic E-state index is -3.83. The highest BCUT2D eigenvalue weighted by Crippen LogP contribution is 2.45. The predicted octanol–water partition coefficient (Wildman–Crippen LogP) is 5.80. The van der Waals surface area contributed by atoms with E-state index in [0.29, 0.717) is 22.5 Å². The van der Waals surface area contributed by atoms with Gasteiger partial charge in [-0.1, -0.05) is 72.8 Å². The smallest absolute Gasteiger partial charge is 0.248 e. The first kappa shape index (κ1) is 24.0. The van der Waals surface area contributed by atoms with Crippen LogP contribution in [0.2, 0.25) is 0 Å². The lowest BCUT2D eigenvalue weighted by atomic mass is 10.0. The summed E-state index contributed by atoms with van der Waals surface area (Å²) >= 11 is 0. The van der Waals surface area contributed by atoms with Crippen molar-refractivity contribution < 1.29 is 18.0 Å². The predicted molar refractivity (Wildman–Crippen MR) is 146 cm³/mol. The highest BCUT2D eigenvalue weighted by molar-refractivity contribution is 7.92. The molecule has 0 unspecified atom stereocenters. The molecule has 182 valence electrons. The monoisotopic (exact) mass is 506 g/mol. The quantitative estimate of drug-likeness (QED) is 0.285. The molecular formula is C30H22N2O4S. The lowest BCUT2D eigenvalue weighted by molar-refractivity contribution is -0.112.